The van der Waals surface area contributed by atoms with Gasteiger partial charge in [-0.3, -0.25) is 4.57 Å². The topological polar surface area (TPSA) is 17.8 Å². The molecule has 0 unspecified atom stereocenters. The van der Waals surface area contributed by atoms with Crippen molar-refractivity contribution in [3.63, 3.8) is 0 Å². The second-order valence-electron chi connectivity index (χ2n) is 4.51. The molecule has 0 aliphatic carbocycles. The van der Waals surface area contributed by atoms with Crippen molar-refractivity contribution in [1.29, 1.82) is 0 Å². The Labute approximate surface area is 133 Å². The number of alkyl halides is 1. The summed E-state index contributed by atoms with van der Waals surface area (Å²) >= 11 is 9.14. The highest BCUT2D eigenvalue weighted by Crippen LogP contribution is 2.26. The summed E-state index contributed by atoms with van der Waals surface area (Å²) in [4.78, 5) is 4.36. The lowest BCUT2D eigenvalue weighted by molar-refractivity contribution is 0.514. The first kappa shape index (κ1) is 14.5. The highest BCUT2D eigenvalue weighted by molar-refractivity contribution is 9.10. The fraction of sp³-hybridized carbons (Fsp3) is 0.133. The van der Waals surface area contributed by atoms with E-state index in [4.69, 9.17) is 11.6 Å². The highest BCUT2D eigenvalue weighted by Gasteiger charge is 2.18. The quantitative estimate of drug-likeness (QED) is 0.602. The van der Waals surface area contributed by atoms with Gasteiger partial charge < -0.3 is 0 Å². The first-order valence-corrected chi connectivity index (χ1v) is 7.62. The molecule has 0 amide bonds. The largest absolute Gasteiger partial charge is 0.294 e. The highest BCUT2D eigenvalue weighted by atomic mass is 79.9. The molecule has 0 aliphatic heterocycles. The molecule has 1 aromatic heterocycles. The average Bonchev–Trinajstić information content (AvgIpc) is 2.83. The van der Waals surface area contributed by atoms with Gasteiger partial charge >= 0.3 is 0 Å². The summed E-state index contributed by atoms with van der Waals surface area (Å²) < 4.78 is 30.3. The van der Waals surface area contributed by atoms with Gasteiger partial charge in [-0.05, 0) is 36.4 Å². The molecule has 3 aromatic rings. The van der Waals surface area contributed by atoms with Crippen molar-refractivity contribution >= 4 is 38.6 Å². The second-order valence-corrected chi connectivity index (χ2v) is 5.80. The molecule has 6 heteroatoms. The monoisotopic (exact) mass is 370 g/mol. The van der Waals surface area contributed by atoms with Crippen molar-refractivity contribution in [1.82, 2.24) is 9.55 Å². The number of benzene rings is 2. The minimum Gasteiger partial charge on any atom is -0.294 e. The molecular formula is C15H10BrClF2N2. The Balaban J connectivity index is 2.34. The molecule has 108 valence electrons. The number of rotatable bonds is 3. The predicted octanol–water partition coefficient (Wildman–Crippen LogP) is 4.85. The maximum absolute atomic E-state index is 14.2. The zero-order valence-electron chi connectivity index (χ0n) is 10.8. The van der Waals surface area contributed by atoms with Crippen LogP contribution in [0.25, 0.3) is 16.7 Å². The van der Waals surface area contributed by atoms with Crippen LogP contribution in [-0.4, -0.2) is 15.4 Å². The molecule has 0 fully saturated rings. The first-order chi connectivity index (χ1) is 10.1. The summed E-state index contributed by atoms with van der Waals surface area (Å²) in [5.41, 5.74) is 1.26. The van der Waals surface area contributed by atoms with Crippen molar-refractivity contribution < 1.29 is 8.78 Å². The van der Waals surface area contributed by atoms with Gasteiger partial charge in [0.05, 0.1) is 5.52 Å². The predicted molar refractivity (Wildman–Crippen MR) is 83.1 cm³/mol. The standard InChI is InChI=1S/C15H10BrClF2N2/c16-9-1-3-10(4-2-9)21-13(7-8-17)20-12-6-5-11(18)14(19)15(12)21/h1-6H,7-8H2. The summed E-state index contributed by atoms with van der Waals surface area (Å²) in [7, 11) is 0. The van der Waals surface area contributed by atoms with Crippen LogP contribution in [0.15, 0.2) is 40.9 Å². The average molecular weight is 372 g/mol. The van der Waals surface area contributed by atoms with Crippen LogP contribution in [0.4, 0.5) is 8.78 Å². The van der Waals surface area contributed by atoms with Crippen molar-refractivity contribution in [2.24, 2.45) is 0 Å². The van der Waals surface area contributed by atoms with E-state index in [2.05, 4.69) is 20.9 Å². The Hall–Kier alpha value is -1.46. The van der Waals surface area contributed by atoms with E-state index in [1.165, 1.54) is 6.07 Å². The molecule has 0 spiro atoms. The molecule has 0 N–H and O–H groups in total. The van der Waals surface area contributed by atoms with Gasteiger partial charge in [0.2, 0.25) is 0 Å². The van der Waals surface area contributed by atoms with E-state index in [1.54, 1.807) is 4.57 Å². The molecule has 0 saturated heterocycles. The molecular weight excluding hydrogens is 362 g/mol. The van der Waals surface area contributed by atoms with E-state index >= 15 is 0 Å². The van der Waals surface area contributed by atoms with Crippen LogP contribution in [0.1, 0.15) is 5.82 Å². The van der Waals surface area contributed by atoms with Crippen molar-refractivity contribution in [2.45, 2.75) is 6.42 Å². The maximum Gasteiger partial charge on any atom is 0.185 e. The first-order valence-electron chi connectivity index (χ1n) is 6.29. The van der Waals surface area contributed by atoms with Crippen LogP contribution in [0.3, 0.4) is 0 Å². The van der Waals surface area contributed by atoms with Crippen LogP contribution in [-0.2, 0) is 6.42 Å². The fourth-order valence-electron chi connectivity index (χ4n) is 2.27. The van der Waals surface area contributed by atoms with E-state index in [0.717, 1.165) is 10.5 Å². The number of fused-ring (bicyclic) bond motifs is 1. The fourth-order valence-corrected chi connectivity index (χ4v) is 2.70. The van der Waals surface area contributed by atoms with E-state index in [9.17, 15) is 8.78 Å². The maximum atomic E-state index is 14.2. The van der Waals surface area contributed by atoms with Gasteiger partial charge in [0.15, 0.2) is 11.6 Å². The van der Waals surface area contributed by atoms with Gasteiger partial charge in [-0.15, -0.1) is 11.6 Å². The molecule has 2 nitrogen and oxygen atoms in total. The Kier molecular flexibility index (Phi) is 3.95. The van der Waals surface area contributed by atoms with E-state index in [1.807, 2.05) is 24.3 Å². The Bertz CT molecular complexity index is 800. The van der Waals surface area contributed by atoms with Crippen LogP contribution in [0.5, 0.6) is 0 Å². The molecule has 0 radical (unpaired) electrons. The van der Waals surface area contributed by atoms with Crippen LogP contribution in [0, 0.1) is 11.6 Å². The zero-order valence-corrected chi connectivity index (χ0v) is 13.1. The lowest BCUT2D eigenvalue weighted by Crippen LogP contribution is -2.03. The zero-order chi connectivity index (χ0) is 15.0. The molecule has 3 rings (SSSR count). The lowest BCUT2D eigenvalue weighted by Gasteiger charge is -2.09. The van der Waals surface area contributed by atoms with Gasteiger partial charge in [0.1, 0.15) is 11.3 Å². The molecule has 0 atom stereocenters. The smallest absolute Gasteiger partial charge is 0.185 e. The molecule has 2 aromatic carbocycles. The SMILES string of the molecule is Fc1ccc2nc(CCCl)n(-c3ccc(Br)cc3)c2c1F. The third-order valence-electron chi connectivity index (χ3n) is 3.18. The Morgan fingerprint density at radius 3 is 2.48 bits per heavy atom. The minimum absolute atomic E-state index is 0.137. The molecule has 21 heavy (non-hydrogen) atoms. The van der Waals surface area contributed by atoms with Gasteiger partial charge in [-0.2, -0.15) is 0 Å². The van der Waals surface area contributed by atoms with Gasteiger partial charge in [0, 0.05) is 22.5 Å². The lowest BCUT2D eigenvalue weighted by atomic mass is 10.2. The number of imidazole rings is 1. The third-order valence-corrected chi connectivity index (χ3v) is 3.90. The van der Waals surface area contributed by atoms with Gasteiger partial charge in [-0.25, -0.2) is 13.8 Å². The summed E-state index contributed by atoms with van der Waals surface area (Å²) in [6.45, 7) is 0. The summed E-state index contributed by atoms with van der Waals surface area (Å²) in [6, 6.07) is 9.86. The van der Waals surface area contributed by atoms with E-state index in [0.29, 0.717) is 29.3 Å². The number of hydrogen-bond acceptors (Lipinski definition) is 1. The number of halogens is 4. The summed E-state index contributed by atoms with van der Waals surface area (Å²) in [5, 5.41) is 0. The third kappa shape index (κ3) is 2.56. The number of hydrogen-bond donors (Lipinski definition) is 0. The normalized spacial score (nSPS) is 11.2. The molecule has 1 heterocycles. The Morgan fingerprint density at radius 1 is 1.10 bits per heavy atom. The molecule has 0 saturated carbocycles. The number of nitrogens with zero attached hydrogens (tertiary/aromatic N) is 2. The van der Waals surface area contributed by atoms with Crippen molar-refractivity contribution in [2.75, 3.05) is 5.88 Å². The van der Waals surface area contributed by atoms with Gasteiger partial charge in [-0.1, -0.05) is 15.9 Å². The van der Waals surface area contributed by atoms with E-state index in [-0.39, 0.29) is 5.52 Å². The van der Waals surface area contributed by atoms with Crippen LogP contribution >= 0.6 is 27.5 Å². The van der Waals surface area contributed by atoms with Crippen molar-refractivity contribution in [3.05, 3.63) is 58.3 Å². The van der Waals surface area contributed by atoms with Crippen molar-refractivity contribution in [3.8, 4) is 5.69 Å². The second kappa shape index (κ2) is 5.73. The number of aromatic nitrogens is 2. The number of aryl methyl sites for hydroxylation is 1. The summed E-state index contributed by atoms with van der Waals surface area (Å²) in [6.07, 6.45) is 0.466. The molecule has 0 bridgehead atoms. The van der Waals surface area contributed by atoms with Crippen LogP contribution < -0.4 is 0 Å². The van der Waals surface area contributed by atoms with Crippen LogP contribution in [0.2, 0.25) is 0 Å². The van der Waals surface area contributed by atoms with Gasteiger partial charge in [0.25, 0.3) is 0 Å². The summed E-state index contributed by atoms with van der Waals surface area (Å²) in [5.74, 6) is -0.835. The minimum atomic E-state index is -0.899. The van der Waals surface area contributed by atoms with E-state index < -0.39 is 11.6 Å². The molecule has 0 aliphatic rings. The Morgan fingerprint density at radius 2 is 1.81 bits per heavy atom.